The largest absolute Gasteiger partial charge is 0.375 e. The molecule has 27 heavy (non-hydrogen) atoms. The van der Waals surface area contributed by atoms with Gasteiger partial charge in [0.15, 0.2) is 5.13 Å². The Morgan fingerprint density at radius 1 is 1.22 bits per heavy atom. The lowest BCUT2D eigenvalue weighted by molar-refractivity contribution is -0.116. The Hall–Kier alpha value is -2.38. The van der Waals surface area contributed by atoms with E-state index in [1.54, 1.807) is 11.3 Å². The number of anilines is 3. The summed E-state index contributed by atoms with van der Waals surface area (Å²) in [4.78, 5) is 21.4. The molecule has 7 heteroatoms. The van der Waals surface area contributed by atoms with Crippen molar-refractivity contribution in [3.8, 4) is 10.6 Å². The zero-order valence-corrected chi connectivity index (χ0v) is 16.6. The SMILES string of the molecule is Nc1nc(-c2cccs2)c(CCC(=O)Nc2cccc(N3CCCC3)c2)s1. The lowest BCUT2D eigenvalue weighted by atomic mass is 10.2. The van der Waals surface area contributed by atoms with Crippen LogP contribution in [0.15, 0.2) is 41.8 Å². The van der Waals surface area contributed by atoms with E-state index in [4.69, 9.17) is 5.73 Å². The predicted molar refractivity (Wildman–Crippen MR) is 115 cm³/mol. The molecule has 4 rings (SSSR count). The molecule has 3 aromatic rings. The summed E-state index contributed by atoms with van der Waals surface area (Å²) < 4.78 is 0. The monoisotopic (exact) mass is 398 g/mol. The van der Waals surface area contributed by atoms with Gasteiger partial charge in [-0.15, -0.1) is 22.7 Å². The molecule has 3 N–H and O–H groups in total. The number of carbonyl (C=O) groups is 1. The number of nitrogens with zero attached hydrogens (tertiary/aromatic N) is 2. The molecule has 0 radical (unpaired) electrons. The highest BCUT2D eigenvalue weighted by molar-refractivity contribution is 7.17. The smallest absolute Gasteiger partial charge is 0.224 e. The van der Waals surface area contributed by atoms with Gasteiger partial charge in [-0.1, -0.05) is 12.1 Å². The first kappa shape index (κ1) is 18.0. The minimum atomic E-state index is 0.0117. The molecule has 0 aliphatic carbocycles. The Labute approximate surface area is 166 Å². The number of rotatable bonds is 6. The maximum absolute atomic E-state index is 12.5. The third-order valence-electron chi connectivity index (χ3n) is 4.65. The van der Waals surface area contributed by atoms with Gasteiger partial charge in [-0.2, -0.15) is 0 Å². The van der Waals surface area contributed by atoms with Gasteiger partial charge in [-0.3, -0.25) is 4.79 Å². The Morgan fingerprint density at radius 2 is 2.07 bits per heavy atom. The Morgan fingerprint density at radius 3 is 2.85 bits per heavy atom. The number of nitrogen functional groups attached to an aromatic ring is 1. The first-order chi connectivity index (χ1) is 13.2. The number of carbonyl (C=O) groups excluding carboxylic acids is 1. The normalized spacial score (nSPS) is 13.9. The summed E-state index contributed by atoms with van der Waals surface area (Å²) in [6.45, 7) is 2.19. The lowest BCUT2D eigenvalue weighted by Crippen LogP contribution is -2.18. The van der Waals surface area contributed by atoms with Crippen LogP contribution in [0, 0.1) is 0 Å². The number of aromatic nitrogens is 1. The van der Waals surface area contributed by atoms with E-state index < -0.39 is 0 Å². The zero-order chi connectivity index (χ0) is 18.6. The van der Waals surface area contributed by atoms with Gasteiger partial charge in [0.05, 0.1) is 10.6 Å². The summed E-state index contributed by atoms with van der Waals surface area (Å²) >= 11 is 3.10. The van der Waals surface area contributed by atoms with Gasteiger partial charge in [0.25, 0.3) is 0 Å². The molecule has 1 aliphatic rings. The average molecular weight is 399 g/mol. The Kier molecular flexibility index (Phi) is 5.40. The number of amides is 1. The fourth-order valence-corrected chi connectivity index (χ4v) is 5.00. The molecule has 1 amide bonds. The minimum absolute atomic E-state index is 0.0117. The molecule has 3 heterocycles. The lowest BCUT2D eigenvalue weighted by Gasteiger charge is -2.18. The van der Waals surface area contributed by atoms with Gasteiger partial charge in [-0.05, 0) is 48.9 Å². The maximum atomic E-state index is 12.5. The van der Waals surface area contributed by atoms with Crippen molar-refractivity contribution in [2.75, 3.05) is 29.0 Å². The van der Waals surface area contributed by atoms with E-state index >= 15 is 0 Å². The highest BCUT2D eigenvalue weighted by Crippen LogP contribution is 2.33. The maximum Gasteiger partial charge on any atom is 0.224 e. The van der Waals surface area contributed by atoms with Crippen molar-refractivity contribution in [2.45, 2.75) is 25.7 Å². The van der Waals surface area contributed by atoms with Crippen LogP contribution >= 0.6 is 22.7 Å². The summed E-state index contributed by atoms with van der Waals surface area (Å²) in [5, 5.41) is 5.60. The van der Waals surface area contributed by atoms with Crippen molar-refractivity contribution in [3.05, 3.63) is 46.7 Å². The summed E-state index contributed by atoms with van der Waals surface area (Å²) in [7, 11) is 0. The van der Waals surface area contributed by atoms with Gasteiger partial charge in [-0.25, -0.2) is 4.98 Å². The first-order valence-corrected chi connectivity index (χ1v) is 10.8. The van der Waals surface area contributed by atoms with E-state index in [0.717, 1.165) is 34.2 Å². The number of nitrogens with two attached hydrogens (primary N) is 1. The number of thiophene rings is 1. The van der Waals surface area contributed by atoms with Crippen LogP contribution in [0.3, 0.4) is 0 Å². The van der Waals surface area contributed by atoms with Crippen molar-refractivity contribution in [1.82, 2.24) is 4.98 Å². The fourth-order valence-electron chi connectivity index (χ4n) is 3.35. The molecular weight excluding hydrogens is 376 g/mol. The number of aryl methyl sites for hydroxylation is 1. The fraction of sp³-hybridized carbons (Fsp3) is 0.300. The molecule has 140 valence electrons. The van der Waals surface area contributed by atoms with Crippen molar-refractivity contribution < 1.29 is 4.79 Å². The molecule has 0 unspecified atom stereocenters. The molecule has 5 nitrogen and oxygen atoms in total. The van der Waals surface area contributed by atoms with Gasteiger partial charge >= 0.3 is 0 Å². The van der Waals surface area contributed by atoms with Gasteiger partial charge in [0.2, 0.25) is 5.91 Å². The number of hydrogen-bond acceptors (Lipinski definition) is 6. The van der Waals surface area contributed by atoms with E-state index in [-0.39, 0.29) is 5.91 Å². The predicted octanol–water partition coefficient (Wildman–Crippen LogP) is 4.63. The van der Waals surface area contributed by atoms with Crippen LogP contribution < -0.4 is 16.0 Å². The summed E-state index contributed by atoms with van der Waals surface area (Å²) in [5.41, 5.74) is 8.85. The Bertz CT molecular complexity index is 914. The topological polar surface area (TPSA) is 71.2 Å². The summed E-state index contributed by atoms with van der Waals surface area (Å²) in [6.07, 6.45) is 3.52. The third kappa shape index (κ3) is 4.31. The van der Waals surface area contributed by atoms with Crippen LogP contribution in [0.4, 0.5) is 16.5 Å². The second-order valence-corrected chi connectivity index (χ2v) is 8.66. The van der Waals surface area contributed by atoms with Crippen LogP contribution in [-0.2, 0) is 11.2 Å². The molecular formula is C20H22N4OS2. The standard InChI is InChI=1S/C20H22N4OS2/c21-20-23-19(16-7-4-12-26-16)17(27-20)8-9-18(25)22-14-5-3-6-15(13-14)24-10-1-2-11-24/h3-7,12-13H,1-2,8-11H2,(H2,21,23)(H,22,25). The van der Waals surface area contributed by atoms with Crippen LogP contribution in [-0.4, -0.2) is 24.0 Å². The number of benzene rings is 1. The molecule has 1 saturated heterocycles. The van der Waals surface area contributed by atoms with Crippen molar-refractivity contribution in [2.24, 2.45) is 0 Å². The number of nitrogens with one attached hydrogen (secondary N) is 1. The van der Waals surface area contributed by atoms with Crippen LogP contribution in [0.2, 0.25) is 0 Å². The van der Waals surface area contributed by atoms with Crippen molar-refractivity contribution >= 4 is 45.1 Å². The third-order valence-corrected chi connectivity index (χ3v) is 6.47. The van der Waals surface area contributed by atoms with Gasteiger partial charge in [0.1, 0.15) is 0 Å². The van der Waals surface area contributed by atoms with Crippen LogP contribution in [0.25, 0.3) is 10.6 Å². The van der Waals surface area contributed by atoms with Gasteiger partial charge < -0.3 is 16.0 Å². The second kappa shape index (κ2) is 8.10. The number of hydrogen-bond donors (Lipinski definition) is 2. The van der Waals surface area contributed by atoms with E-state index in [1.807, 2.05) is 29.6 Å². The zero-order valence-electron chi connectivity index (χ0n) is 15.0. The quantitative estimate of drug-likeness (QED) is 0.635. The molecule has 1 aliphatic heterocycles. The molecule has 0 atom stereocenters. The molecule has 0 saturated carbocycles. The highest BCUT2D eigenvalue weighted by atomic mass is 32.1. The summed E-state index contributed by atoms with van der Waals surface area (Å²) in [6, 6.07) is 12.1. The molecule has 1 aromatic carbocycles. The van der Waals surface area contributed by atoms with Crippen LogP contribution in [0.1, 0.15) is 24.1 Å². The molecule has 0 spiro atoms. The first-order valence-electron chi connectivity index (χ1n) is 9.13. The van der Waals surface area contributed by atoms with E-state index in [0.29, 0.717) is 18.0 Å². The van der Waals surface area contributed by atoms with E-state index in [1.165, 1.54) is 29.9 Å². The van der Waals surface area contributed by atoms with E-state index in [9.17, 15) is 4.79 Å². The average Bonchev–Trinajstić information content (AvgIpc) is 3.41. The second-order valence-electron chi connectivity index (χ2n) is 6.59. The minimum Gasteiger partial charge on any atom is -0.375 e. The van der Waals surface area contributed by atoms with Crippen molar-refractivity contribution in [1.29, 1.82) is 0 Å². The van der Waals surface area contributed by atoms with Crippen LogP contribution in [0.5, 0.6) is 0 Å². The van der Waals surface area contributed by atoms with Crippen molar-refractivity contribution in [3.63, 3.8) is 0 Å². The molecule has 1 fully saturated rings. The van der Waals surface area contributed by atoms with Gasteiger partial charge in [0, 0.05) is 35.8 Å². The van der Waals surface area contributed by atoms with E-state index in [2.05, 4.69) is 27.3 Å². The summed E-state index contributed by atoms with van der Waals surface area (Å²) in [5.74, 6) is 0.0117. The molecule has 2 aromatic heterocycles. The Balaban J connectivity index is 1.39. The highest BCUT2D eigenvalue weighted by Gasteiger charge is 2.15. The number of thiazole rings is 1. The molecule has 0 bridgehead atoms.